The molecule has 1 aromatic rings. The summed E-state index contributed by atoms with van der Waals surface area (Å²) in [4.78, 5) is 0. The molecule has 2 N–H and O–H groups in total. The molecule has 2 unspecified atom stereocenters. The molecule has 0 spiro atoms. The summed E-state index contributed by atoms with van der Waals surface area (Å²) in [6, 6.07) is 3.74. The topological polar surface area (TPSA) is 48.4 Å². The molecule has 0 aliphatic heterocycles. The van der Waals surface area contributed by atoms with Crippen LogP contribution in [0.1, 0.15) is 32.6 Å². The highest BCUT2D eigenvalue weighted by molar-refractivity contribution is 5.02. The fourth-order valence-corrected chi connectivity index (χ4v) is 1.13. The Bertz CT molecular complexity index is 244. The lowest BCUT2D eigenvalue weighted by atomic mass is 10.1. The molecule has 0 saturated carbocycles. The third-order valence-corrected chi connectivity index (χ3v) is 2.39. The summed E-state index contributed by atoms with van der Waals surface area (Å²) in [5, 5.41) is 0. The summed E-state index contributed by atoms with van der Waals surface area (Å²) in [6.07, 6.45) is 1.71. The first-order chi connectivity index (χ1) is 6.65. The van der Waals surface area contributed by atoms with Gasteiger partial charge in [-0.1, -0.05) is 13.8 Å². The minimum atomic E-state index is -0.123. The predicted octanol–water partition coefficient (Wildman–Crippen LogP) is 2.34. The van der Waals surface area contributed by atoms with Crippen molar-refractivity contribution in [1.29, 1.82) is 0 Å². The van der Waals surface area contributed by atoms with E-state index in [1.54, 1.807) is 6.26 Å². The Morgan fingerprint density at radius 3 is 2.57 bits per heavy atom. The van der Waals surface area contributed by atoms with E-state index in [2.05, 4.69) is 20.8 Å². The molecule has 2 atom stereocenters. The monoisotopic (exact) mass is 197 g/mol. The lowest BCUT2D eigenvalue weighted by molar-refractivity contribution is -0.0316. The first-order valence-electron chi connectivity index (χ1n) is 5.04. The Morgan fingerprint density at radius 2 is 2.14 bits per heavy atom. The van der Waals surface area contributed by atoms with Gasteiger partial charge in [-0.2, -0.15) is 0 Å². The van der Waals surface area contributed by atoms with Gasteiger partial charge in [0.1, 0.15) is 11.9 Å². The van der Waals surface area contributed by atoms with E-state index in [0.717, 1.165) is 5.76 Å². The highest BCUT2D eigenvalue weighted by Gasteiger charge is 2.18. The van der Waals surface area contributed by atoms with E-state index in [1.807, 2.05) is 12.1 Å². The molecule has 1 heterocycles. The number of hydrogen-bond donors (Lipinski definition) is 1. The van der Waals surface area contributed by atoms with Gasteiger partial charge in [0.25, 0.3) is 0 Å². The van der Waals surface area contributed by atoms with Crippen molar-refractivity contribution in [1.82, 2.24) is 0 Å². The highest BCUT2D eigenvalue weighted by atomic mass is 16.5. The van der Waals surface area contributed by atoms with Gasteiger partial charge in [0.2, 0.25) is 0 Å². The van der Waals surface area contributed by atoms with Crippen LogP contribution in [0, 0.1) is 5.92 Å². The summed E-state index contributed by atoms with van der Waals surface area (Å²) in [5.41, 5.74) is 5.63. The average molecular weight is 197 g/mol. The summed E-state index contributed by atoms with van der Waals surface area (Å²) < 4.78 is 11.0. The van der Waals surface area contributed by atoms with Crippen molar-refractivity contribution in [3.05, 3.63) is 24.2 Å². The van der Waals surface area contributed by atoms with E-state index in [-0.39, 0.29) is 12.2 Å². The van der Waals surface area contributed by atoms with Crippen LogP contribution in [0.4, 0.5) is 0 Å². The first-order valence-corrected chi connectivity index (χ1v) is 5.04. The van der Waals surface area contributed by atoms with Gasteiger partial charge in [0, 0.05) is 6.54 Å². The Kier molecular flexibility index (Phi) is 4.17. The molecule has 0 aromatic carbocycles. The molecule has 80 valence electrons. The second-order valence-corrected chi connectivity index (χ2v) is 3.82. The third kappa shape index (κ3) is 2.86. The fourth-order valence-electron chi connectivity index (χ4n) is 1.13. The minimum absolute atomic E-state index is 0.123. The van der Waals surface area contributed by atoms with Crippen LogP contribution in [0.2, 0.25) is 0 Å². The summed E-state index contributed by atoms with van der Waals surface area (Å²) in [7, 11) is 0. The second-order valence-electron chi connectivity index (χ2n) is 3.82. The smallest absolute Gasteiger partial charge is 0.133 e. The van der Waals surface area contributed by atoms with E-state index < -0.39 is 0 Å². The Morgan fingerprint density at radius 1 is 1.43 bits per heavy atom. The second kappa shape index (κ2) is 5.17. The van der Waals surface area contributed by atoms with Crippen LogP contribution < -0.4 is 5.73 Å². The number of furan rings is 1. The van der Waals surface area contributed by atoms with Gasteiger partial charge in [0.05, 0.1) is 12.4 Å². The molecular formula is C11H19NO2. The zero-order valence-electron chi connectivity index (χ0n) is 9.07. The van der Waals surface area contributed by atoms with Crippen LogP contribution in [0.3, 0.4) is 0 Å². The van der Waals surface area contributed by atoms with Crippen LogP contribution in [0.5, 0.6) is 0 Å². The molecule has 0 aliphatic rings. The van der Waals surface area contributed by atoms with E-state index in [0.29, 0.717) is 12.5 Å². The van der Waals surface area contributed by atoms with Crippen LogP contribution in [0.25, 0.3) is 0 Å². The zero-order valence-corrected chi connectivity index (χ0v) is 9.07. The molecule has 0 aliphatic carbocycles. The van der Waals surface area contributed by atoms with Gasteiger partial charge >= 0.3 is 0 Å². The van der Waals surface area contributed by atoms with Crippen molar-refractivity contribution >= 4 is 0 Å². The molecule has 3 nitrogen and oxygen atoms in total. The standard InChI is InChI=1S/C11H19NO2/c1-8(2)9(3)14-11(7-12)10-5-4-6-13-10/h4-6,8-9,11H,7,12H2,1-3H3. The Hall–Kier alpha value is -0.800. The maximum atomic E-state index is 5.79. The molecule has 0 amide bonds. The Labute approximate surface area is 85.2 Å². The quantitative estimate of drug-likeness (QED) is 0.788. The lowest BCUT2D eigenvalue weighted by Gasteiger charge is -2.22. The minimum Gasteiger partial charge on any atom is -0.467 e. The fraction of sp³-hybridized carbons (Fsp3) is 0.636. The van der Waals surface area contributed by atoms with Crippen LogP contribution in [0.15, 0.2) is 22.8 Å². The average Bonchev–Trinajstić information content (AvgIpc) is 2.66. The molecule has 0 fully saturated rings. The molecule has 14 heavy (non-hydrogen) atoms. The van der Waals surface area contributed by atoms with Crippen molar-refractivity contribution < 1.29 is 9.15 Å². The molecule has 3 heteroatoms. The predicted molar refractivity (Wildman–Crippen MR) is 55.9 cm³/mol. The van der Waals surface area contributed by atoms with Crippen molar-refractivity contribution in [3.8, 4) is 0 Å². The maximum Gasteiger partial charge on any atom is 0.133 e. The molecule has 0 bridgehead atoms. The molecule has 1 rings (SSSR count). The first kappa shape index (κ1) is 11.3. The van der Waals surface area contributed by atoms with Crippen molar-refractivity contribution in [2.75, 3.05) is 6.54 Å². The number of rotatable bonds is 5. The van der Waals surface area contributed by atoms with Gasteiger partial charge in [-0.25, -0.2) is 0 Å². The maximum absolute atomic E-state index is 5.79. The van der Waals surface area contributed by atoms with Crippen molar-refractivity contribution in [2.45, 2.75) is 33.0 Å². The summed E-state index contributed by atoms with van der Waals surface area (Å²) in [5.74, 6) is 1.29. The van der Waals surface area contributed by atoms with Crippen LogP contribution in [-0.2, 0) is 4.74 Å². The molecule has 1 aromatic heterocycles. The van der Waals surface area contributed by atoms with Gasteiger partial charge in [-0.3, -0.25) is 0 Å². The van der Waals surface area contributed by atoms with Crippen LogP contribution in [-0.4, -0.2) is 12.6 Å². The van der Waals surface area contributed by atoms with E-state index in [4.69, 9.17) is 14.9 Å². The lowest BCUT2D eigenvalue weighted by Crippen LogP contribution is -2.23. The van der Waals surface area contributed by atoms with E-state index >= 15 is 0 Å². The summed E-state index contributed by atoms with van der Waals surface area (Å²) in [6.45, 7) is 6.75. The van der Waals surface area contributed by atoms with Gasteiger partial charge < -0.3 is 14.9 Å². The number of hydrogen-bond acceptors (Lipinski definition) is 3. The van der Waals surface area contributed by atoms with Gasteiger partial charge in [-0.05, 0) is 25.0 Å². The highest BCUT2D eigenvalue weighted by Crippen LogP contribution is 2.20. The number of ether oxygens (including phenoxy) is 1. The SMILES string of the molecule is CC(C)C(C)OC(CN)c1ccco1. The number of nitrogens with two attached hydrogens (primary N) is 1. The Balaban J connectivity index is 2.56. The van der Waals surface area contributed by atoms with Crippen molar-refractivity contribution in [3.63, 3.8) is 0 Å². The van der Waals surface area contributed by atoms with Gasteiger partial charge in [-0.15, -0.1) is 0 Å². The van der Waals surface area contributed by atoms with Crippen LogP contribution >= 0.6 is 0 Å². The zero-order chi connectivity index (χ0) is 10.6. The molecular weight excluding hydrogens is 178 g/mol. The van der Waals surface area contributed by atoms with E-state index in [9.17, 15) is 0 Å². The van der Waals surface area contributed by atoms with Gasteiger partial charge in [0.15, 0.2) is 0 Å². The van der Waals surface area contributed by atoms with Crippen molar-refractivity contribution in [2.24, 2.45) is 11.7 Å². The molecule has 0 saturated heterocycles. The largest absolute Gasteiger partial charge is 0.467 e. The summed E-state index contributed by atoms with van der Waals surface area (Å²) >= 11 is 0. The normalized spacial score (nSPS) is 15.8. The van der Waals surface area contributed by atoms with E-state index in [1.165, 1.54) is 0 Å². The molecule has 0 radical (unpaired) electrons. The third-order valence-electron chi connectivity index (χ3n) is 2.39.